The third kappa shape index (κ3) is 4.20. The summed E-state index contributed by atoms with van der Waals surface area (Å²) in [6.45, 7) is 3.43. The van der Waals surface area contributed by atoms with Gasteiger partial charge in [-0.05, 0) is 36.8 Å². The molecule has 0 fully saturated rings. The first kappa shape index (κ1) is 17.2. The van der Waals surface area contributed by atoms with E-state index in [-0.39, 0.29) is 18.4 Å². The molecule has 0 spiro atoms. The molecule has 0 aliphatic rings. The quantitative estimate of drug-likeness (QED) is 0.816. The van der Waals surface area contributed by atoms with E-state index in [9.17, 15) is 9.59 Å². The minimum absolute atomic E-state index is 0.00374. The van der Waals surface area contributed by atoms with E-state index in [4.69, 9.17) is 0 Å². The fourth-order valence-corrected chi connectivity index (χ4v) is 2.54. The van der Waals surface area contributed by atoms with Crippen LogP contribution < -0.4 is 9.80 Å². The van der Waals surface area contributed by atoms with Gasteiger partial charge in [0.1, 0.15) is 6.54 Å². The Morgan fingerprint density at radius 3 is 2.26 bits per heavy atom. The van der Waals surface area contributed by atoms with Gasteiger partial charge >= 0.3 is 0 Å². The van der Waals surface area contributed by atoms with Gasteiger partial charge in [-0.15, -0.1) is 0 Å². The van der Waals surface area contributed by atoms with Crippen molar-refractivity contribution in [3.8, 4) is 0 Å². The summed E-state index contributed by atoms with van der Waals surface area (Å²) in [6, 6.07) is 15.0. The van der Waals surface area contributed by atoms with Gasteiger partial charge in [-0.25, -0.2) is 0 Å². The van der Waals surface area contributed by atoms with Crippen LogP contribution in [0.15, 0.2) is 53.0 Å². The Kier molecular flexibility index (Phi) is 5.55. The SMILES string of the molecule is CC(=O)N(CC(=O)N(C)c1ccccc1)c1ccc(C)c(Br)c1. The molecule has 0 heterocycles. The number of rotatable bonds is 4. The molecule has 2 aromatic rings. The van der Waals surface area contributed by atoms with Crippen molar-refractivity contribution in [1.29, 1.82) is 0 Å². The lowest BCUT2D eigenvalue weighted by atomic mass is 10.2. The molecule has 0 N–H and O–H groups in total. The smallest absolute Gasteiger partial charge is 0.246 e. The summed E-state index contributed by atoms with van der Waals surface area (Å²) >= 11 is 3.46. The Labute approximate surface area is 144 Å². The van der Waals surface area contributed by atoms with Crippen LogP contribution >= 0.6 is 15.9 Å². The third-order valence-electron chi connectivity index (χ3n) is 3.66. The largest absolute Gasteiger partial charge is 0.314 e. The van der Waals surface area contributed by atoms with Gasteiger partial charge < -0.3 is 9.80 Å². The summed E-state index contributed by atoms with van der Waals surface area (Å²) in [5.74, 6) is -0.321. The van der Waals surface area contributed by atoms with E-state index in [1.54, 1.807) is 11.9 Å². The zero-order valence-corrected chi connectivity index (χ0v) is 15.0. The standard InChI is InChI=1S/C18H19BrN2O2/c1-13-9-10-16(11-17(13)19)21(14(2)22)12-18(23)20(3)15-7-5-4-6-8-15/h4-11H,12H2,1-3H3. The molecular weight excluding hydrogens is 356 g/mol. The molecular formula is C18H19BrN2O2. The summed E-state index contributed by atoms with van der Waals surface area (Å²) in [7, 11) is 1.71. The lowest BCUT2D eigenvalue weighted by Crippen LogP contribution is -2.40. The molecule has 0 saturated carbocycles. The van der Waals surface area contributed by atoms with Gasteiger partial charge in [-0.2, -0.15) is 0 Å². The fourth-order valence-electron chi connectivity index (χ4n) is 2.17. The molecule has 0 atom stereocenters. The van der Waals surface area contributed by atoms with Crippen LogP contribution in [0.25, 0.3) is 0 Å². The fraction of sp³-hybridized carbons (Fsp3) is 0.222. The molecule has 5 heteroatoms. The highest BCUT2D eigenvalue weighted by Crippen LogP contribution is 2.24. The lowest BCUT2D eigenvalue weighted by Gasteiger charge is -2.25. The third-order valence-corrected chi connectivity index (χ3v) is 4.51. The van der Waals surface area contributed by atoms with E-state index >= 15 is 0 Å². The first-order valence-electron chi connectivity index (χ1n) is 7.26. The summed E-state index contributed by atoms with van der Waals surface area (Å²) in [4.78, 5) is 27.5. The first-order valence-corrected chi connectivity index (χ1v) is 8.05. The Morgan fingerprint density at radius 1 is 1.04 bits per heavy atom. The Bertz CT molecular complexity index is 716. The van der Waals surface area contributed by atoms with E-state index in [0.29, 0.717) is 5.69 Å². The van der Waals surface area contributed by atoms with Gasteiger partial charge in [-0.1, -0.05) is 40.2 Å². The molecule has 0 unspecified atom stereocenters. The lowest BCUT2D eigenvalue weighted by molar-refractivity contribution is -0.121. The molecule has 0 aromatic heterocycles. The maximum atomic E-state index is 12.5. The van der Waals surface area contributed by atoms with Crippen LogP contribution in [0.1, 0.15) is 12.5 Å². The second-order valence-electron chi connectivity index (χ2n) is 5.33. The summed E-state index contributed by atoms with van der Waals surface area (Å²) in [5.41, 5.74) is 2.57. The number of likely N-dealkylation sites (N-methyl/N-ethyl adjacent to an activating group) is 1. The summed E-state index contributed by atoms with van der Waals surface area (Å²) in [5, 5.41) is 0. The molecule has 0 radical (unpaired) electrons. The topological polar surface area (TPSA) is 40.6 Å². The zero-order valence-electron chi connectivity index (χ0n) is 13.4. The minimum Gasteiger partial charge on any atom is -0.314 e. The number of hydrogen-bond donors (Lipinski definition) is 0. The normalized spacial score (nSPS) is 10.3. The van der Waals surface area contributed by atoms with E-state index in [2.05, 4.69) is 15.9 Å². The van der Waals surface area contributed by atoms with Crippen molar-refractivity contribution in [3.05, 3.63) is 58.6 Å². The van der Waals surface area contributed by atoms with Gasteiger partial charge in [0, 0.05) is 29.8 Å². The van der Waals surface area contributed by atoms with Crippen molar-refractivity contribution >= 4 is 39.1 Å². The van der Waals surface area contributed by atoms with E-state index < -0.39 is 0 Å². The highest BCUT2D eigenvalue weighted by atomic mass is 79.9. The van der Waals surface area contributed by atoms with Crippen LogP contribution in [0.4, 0.5) is 11.4 Å². The van der Waals surface area contributed by atoms with E-state index in [1.807, 2.05) is 55.5 Å². The van der Waals surface area contributed by atoms with E-state index in [1.165, 1.54) is 11.8 Å². The van der Waals surface area contributed by atoms with Crippen molar-refractivity contribution < 1.29 is 9.59 Å². The number of nitrogens with zero attached hydrogens (tertiary/aromatic N) is 2. The molecule has 0 bridgehead atoms. The molecule has 0 aliphatic carbocycles. The number of halogens is 1. The molecule has 0 saturated heterocycles. The molecule has 4 nitrogen and oxygen atoms in total. The summed E-state index contributed by atoms with van der Waals surface area (Å²) in [6.07, 6.45) is 0. The minimum atomic E-state index is -0.171. The molecule has 120 valence electrons. The number of amides is 2. The average molecular weight is 375 g/mol. The highest BCUT2D eigenvalue weighted by Gasteiger charge is 2.19. The van der Waals surface area contributed by atoms with Crippen LogP contribution in [0.3, 0.4) is 0 Å². The van der Waals surface area contributed by atoms with Crippen molar-refractivity contribution in [3.63, 3.8) is 0 Å². The number of benzene rings is 2. The van der Waals surface area contributed by atoms with E-state index in [0.717, 1.165) is 15.7 Å². The molecule has 23 heavy (non-hydrogen) atoms. The number of carbonyl (C=O) groups excluding carboxylic acids is 2. The maximum Gasteiger partial charge on any atom is 0.246 e. The highest BCUT2D eigenvalue weighted by molar-refractivity contribution is 9.10. The molecule has 0 aliphatic heterocycles. The number of anilines is 2. The van der Waals surface area contributed by atoms with Gasteiger partial charge in [-0.3, -0.25) is 9.59 Å². The van der Waals surface area contributed by atoms with Crippen LogP contribution in [0.2, 0.25) is 0 Å². The average Bonchev–Trinajstić information content (AvgIpc) is 2.55. The van der Waals surface area contributed by atoms with Crippen LogP contribution in [0.5, 0.6) is 0 Å². The number of para-hydroxylation sites is 1. The van der Waals surface area contributed by atoms with Crippen molar-refractivity contribution in [2.45, 2.75) is 13.8 Å². The Hall–Kier alpha value is -2.14. The number of aryl methyl sites for hydroxylation is 1. The number of carbonyl (C=O) groups is 2. The second kappa shape index (κ2) is 7.42. The molecule has 2 rings (SSSR count). The Balaban J connectivity index is 2.21. The number of hydrogen-bond acceptors (Lipinski definition) is 2. The molecule has 2 amide bonds. The maximum absolute atomic E-state index is 12.5. The predicted molar refractivity (Wildman–Crippen MR) is 96.8 cm³/mol. The Morgan fingerprint density at radius 2 is 1.70 bits per heavy atom. The van der Waals surface area contributed by atoms with Crippen molar-refractivity contribution in [2.75, 3.05) is 23.4 Å². The zero-order chi connectivity index (χ0) is 17.0. The van der Waals surface area contributed by atoms with Gasteiger partial charge in [0.25, 0.3) is 0 Å². The monoisotopic (exact) mass is 374 g/mol. The van der Waals surface area contributed by atoms with Gasteiger partial charge in [0.15, 0.2) is 0 Å². The van der Waals surface area contributed by atoms with Crippen LogP contribution in [0, 0.1) is 6.92 Å². The first-order chi connectivity index (χ1) is 10.9. The molecule has 2 aromatic carbocycles. The van der Waals surface area contributed by atoms with Gasteiger partial charge in [0.05, 0.1) is 0 Å². The summed E-state index contributed by atoms with van der Waals surface area (Å²) < 4.78 is 0.908. The second-order valence-corrected chi connectivity index (χ2v) is 6.18. The van der Waals surface area contributed by atoms with Crippen molar-refractivity contribution in [2.24, 2.45) is 0 Å². The predicted octanol–water partition coefficient (Wildman–Crippen LogP) is 3.77. The van der Waals surface area contributed by atoms with Crippen LogP contribution in [-0.2, 0) is 9.59 Å². The van der Waals surface area contributed by atoms with Crippen LogP contribution in [-0.4, -0.2) is 25.4 Å². The van der Waals surface area contributed by atoms with Gasteiger partial charge in [0.2, 0.25) is 11.8 Å². The van der Waals surface area contributed by atoms with Crippen molar-refractivity contribution in [1.82, 2.24) is 0 Å².